The SMILES string of the molecule is CCCCC(CC)Cn1c2ccc(C(=O)/C(=N/OC(C)=O)c3ccccc3OCC(F)(F)C(F)(F)C(F)(F)C(F)F)cc2c2cc(C(=O)c3cc(C)c(C)cc3C)c3ccccc3c21. The summed E-state index contributed by atoms with van der Waals surface area (Å²) in [7, 11) is 0. The normalized spacial score (nSPS) is 13.3. The summed E-state index contributed by atoms with van der Waals surface area (Å²) in [4.78, 5) is 46.0. The zero-order valence-corrected chi connectivity index (χ0v) is 35.9. The van der Waals surface area contributed by atoms with E-state index in [4.69, 9.17) is 9.57 Å². The topological polar surface area (TPSA) is 87.0 Å². The fraction of sp³-hybridized carbons (Fsp3) is 0.347. The van der Waals surface area contributed by atoms with Gasteiger partial charge in [-0.25, -0.2) is 13.6 Å². The van der Waals surface area contributed by atoms with Gasteiger partial charge in [-0.1, -0.05) is 80.7 Å². The standard InChI is InChI=1S/C49H46F8N2O5/c1-7-9-14-31(8-2)25-59-40-20-19-32(23-37(40)38-24-39(33-15-10-11-16-34(33)43(38)59)45(62)36-22-28(4)27(3)21-29(36)5)44(61)42(58-64-30(6)60)35-17-12-13-18-41(35)63-26-47(52,53)49(56,57)48(54,55)46(50)51/h10-13,15-24,31,46H,7-9,14,25-26H2,1-6H3/b58-42+. The van der Waals surface area contributed by atoms with Gasteiger partial charge in [0.2, 0.25) is 5.78 Å². The molecule has 1 aromatic heterocycles. The van der Waals surface area contributed by atoms with E-state index in [2.05, 4.69) is 23.6 Å². The average molecular weight is 895 g/mol. The second kappa shape index (κ2) is 18.5. The summed E-state index contributed by atoms with van der Waals surface area (Å²) >= 11 is 0. The maximum atomic E-state index is 14.6. The van der Waals surface area contributed by atoms with Gasteiger partial charge in [0, 0.05) is 57.4 Å². The van der Waals surface area contributed by atoms with E-state index in [1.165, 1.54) is 18.2 Å². The molecule has 7 nitrogen and oxygen atoms in total. The van der Waals surface area contributed by atoms with E-state index < -0.39 is 59.6 Å². The van der Waals surface area contributed by atoms with Gasteiger partial charge in [-0.3, -0.25) is 9.59 Å². The van der Waals surface area contributed by atoms with E-state index in [-0.39, 0.29) is 17.3 Å². The van der Waals surface area contributed by atoms with Crippen LogP contribution in [-0.4, -0.2) is 58.6 Å². The van der Waals surface area contributed by atoms with Crippen LogP contribution in [0.3, 0.4) is 0 Å². The molecule has 0 aliphatic carbocycles. The Hall–Kier alpha value is -6.12. The number of carbonyl (C=O) groups excluding carboxylic acids is 3. The number of hydrogen-bond donors (Lipinski definition) is 0. The average Bonchev–Trinajstić information content (AvgIpc) is 3.57. The molecule has 0 N–H and O–H groups in total. The lowest BCUT2D eigenvalue weighted by Gasteiger charge is -2.32. The van der Waals surface area contributed by atoms with Crippen molar-refractivity contribution in [2.24, 2.45) is 11.1 Å². The van der Waals surface area contributed by atoms with E-state index in [1.807, 2.05) is 57.2 Å². The number of rotatable bonds is 18. The van der Waals surface area contributed by atoms with Crippen LogP contribution in [0.4, 0.5) is 35.1 Å². The first-order valence-electron chi connectivity index (χ1n) is 20.7. The van der Waals surface area contributed by atoms with Crippen molar-refractivity contribution in [1.29, 1.82) is 0 Å². The predicted molar refractivity (Wildman–Crippen MR) is 230 cm³/mol. The maximum absolute atomic E-state index is 14.6. The molecule has 1 atom stereocenters. The molecule has 0 amide bonds. The molecule has 0 aliphatic rings. The Balaban J connectivity index is 1.54. The smallest absolute Gasteiger partial charge is 0.381 e. The van der Waals surface area contributed by atoms with Gasteiger partial charge in [0.25, 0.3) is 0 Å². The number of hydrogen-bond acceptors (Lipinski definition) is 6. The van der Waals surface area contributed by atoms with Gasteiger partial charge < -0.3 is 14.1 Å². The number of ketones is 2. The number of benzene rings is 5. The van der Waals surface area contributed by atoms with Crippen LogP contribution < -0.4 is 4.74 Å². The number of halogens is 8. The van der Waals surface area contributed by atoms with Gasteiger partial charge in [0.1, 0.15) is 5.75 Å². The predicted octanol–water partition coefficient (Wildman–Crippen LogP) is 13.0. The quantitative estimate of drug-likeness (QED) is 0.0282. The molecule has 64 heavy (non-hydrogen) atoms. The summed E-state index contributed by atoms with van der Waals surface area (Å²) in [6.07, 6.45) is -1.32. The molecule has 0 aliphatic heterocycles. The third-order valence-corrected chi connectivity index (χ3v) is 11.6. The van der Waals surface area contributed by atoms with Crippen LogP contribution >= 0.6 is 0 Å². The Kier molecular flexibility index (Phi) is 13.7. The van der Waals surface area contributed by atoms with Crippen LogP contribution in [0.25, 0.3) is 32.6 Å². The van der Waals surface area contributed by atoms with E-state index in [0.29, 0.717) is 39.3 Å². The van der Waals surface area contributed by atoms with Gasteiger partial charge in [-0.15, -0.1) is 0 Å². The summed E-state index contributed by atoms with van der Waals surface area (Å²) in [5, 5.41) is 6.35. The van der Waals surface area contributed by atoms with Gasteiger partial charge in [0.15, 0.2) is 18.1 Å². The highest BCUT2D eigenvalue weighted by molar-refractivity contribution is 6.52. The first-order chi connectivity index (χ1) is 30.2. The minimum Gasteiger partial charge on any atom is -0.486 e. The van der Waals surface area contributed by atoms with Crippen molar-refractivity contribution in [1.82, 2.24) is 4.57 Å². The molecule has 1 heterocycles. The summed E-state index contributed by atoms with van der Waals surface area (Å²) < 4.78 is 118. The van der Waals surface area contributed by atoms with Crippen LogP contribution in [0.2, 0.25) is 0 Å². The highest BCUT2D eigenvalue weighted by atomic mass is 19.4. The highest BCUT2D eigenvalue weighted by Crippen LogP contribution is 2.49. The number of oxime groups is 1. The van der Waals surface area contributed by atoms with Crippen molar-refractivity contribution in [3.63, 3.8) is 0 Å². The van der Waals surface area contributed by atoms with Crippen LogP contribution in [0.5, 0.6) is 5.75 Å². The number of fused-ring (bicyclic) bond motifs is 5. The van der Waals surface area contributed by atoms with Gasteiger partial charge in [-0.05, 0) is 97.7 Å². The second-order valence-corrected chi connectivity index (χ2v) is 16.0. The van der Waals surface area contributed by atoms with Crippen molar-refractivity contribution >= 4 is 55.8 Å². The Morgan fingerprint density at radius 2 is 1.39 bits per heavy atom. The Morgan fingerprint density at radius 3 is 2.05 bits per heavy atom. The van der Waals surface area contributed by atoms with Crippen LogP contribution in [-0.2, 0) is 16.2 Å². The van der Waals surface area contributed by atoms with Crippen LogP contribution in [0.1, 0.15) is 95.0 Å². The molecular formula is C49H46F8N2O5. The number of unbranched alkanes of at least 4 members (excludes halogenated alkanes) is 1. The number of nitrogens with zero attached hydrogens (tertiary/aromatic N) is 2. The number of ether oxygens (including phenoxy) is 1. The Labute approximate surface area is 364 Å². The minimum atomic E-state index is -6.55. The zero-order chi connectivity index (χ0) is 46.9. The lowest BCUT2D eigenvalue weighted by molar-refractivity contribution is -0.342. The molecule has 15 heteroatoms. The van der Waals surface area contributed by atoms with Gasteiger partial charge in [0.05, 0.1) is 5.52 Å². The van der Waals surface area contributed by atoms with E-state index in [0.717, 1.165) is 72.3 Å². The van der Waals surface area contributed by atoms with E-state index in [9.17, 15) is 49.5 Å². The lowest BCUT2D eigenvalue weighted by atomic mass is 9.90. The molecule has 1 unspecified atom stereocenters. The fourth-order valence-electron chi connectivity index (χ4n) is 7.90. The summed E-state index contributed by atoms with van der Waals surface area (Å²) in [6.45, 7) is 9.02. The number of alkyl halides is 8. The first kappa shape index (κ1) is 47.4. The number of aryl methyl sites for hydroxylation is 3. The number of aromatic nitrogens is 1. The number of para-hydroxylation sites is 1. The molecule has 6 aromatic rings. The summed E-state index contributed by atoms with van der Waals surface area (Å²) in [6, 6.07) is 22.4. The van der Waals surface area contributed by atoms with Crippen molar-refractivity contribution < 1.29 is 59.1 Å². The molecule has 0 radical (unpaired) electrons. The second-order valence-electron chi connectivity index (χ2n) is 16.0. The largest absolute Gasteiger partial charge is 0.486 e. The first-order valence-corrected chi connectivity index (χ1v) is 20.7. The minimum absolute atomic E-state index is 0.0789. The lowest BCUT2D eigenvalue weighted by Crippen LogP contribution is -2.59. The molecule has 0 fully saturated rings. The maximum Gasteiger partial charge on any atom is 0.381 e. The van der Waals surface area contributed by atoms with Crippen molar-refractivity contribution in [2.45, 2.75) is 98.0 Å². The number of carbonyl (C=O) groups is 3. The molecule has 0 saturated carbocycles. The van der Waals surface area contributed by atoms with Crippen LogP contribution in [0, 0.1) is 26.7 Å². The molecule has 338 valence electrons. The molecular weight excluding hydrogens is 849 g/mol. The molecule has 5 aromatic carbocycles. The fourth-order valence-corrected chi connectivity index (χ4v) is 7.90. The monoisotopic (exact) mass is 894 g/mol. The van der Waals surface area contributed by atoms with Gasteiger partial charge >= 0.3 is 30.2 Å². The number of Topliss-reactive ketones (excluding diaryl/α,β-unsaturated/α-hetero) is 1. The highest BCUT2D eigenvalue weighted by Gasteiger charge is 2.75. The van der Waals surface area contributed by atoms with Crippen molar-refractivity contribution in [2.75, 3.05) is 6.61 Å². The Morgan fingerprint density at radius 1 is 0.734 bits per heavy atom. The third kappa shape index (κ3) is 8.85. The Bertz CT molecular complexity index is 2800. The summed E-state index contributed by atoms with van der Waals surface area (Å²) in [5.74, 6) is -21.5. The van der Waals surface area contributed by atoms with Gasteiger partial charge in [-0.2, -0.15) is 26.3 Å². The van der Waals surface area contributed by atoms with Crippen LogP contribution in [0.15, 0.2) is 90.1 Å². The molecule has 6 rings (SSSR count). The summed E-state index contributed by atoms with van der Waals surface area (Å²) in [5.41, 5.74) is 3.92. The third-order valence-electron chi connectivity index (χ3n) is 11.6. The van der Waals surface area contributed by atoms with E-state index >= 15 is 0 Å². The molecule has 0 spiro atoms. The van der Waals surface area contributed by atoms with Crippen molar-refractivity contribution in [3.8, 4) is 5.75 Å². The molecule has 0 bridgehead atoms. The van der Waals surface area contributed by atoms with E-state index in [1.54, 1.807) is 18.2 Å². The van der Waals surface area contributed by atoms with Crippen molar-refractivity contribution in [3.05, 3.63) is 124 Å². The zero-order valence-electron chi connectivity index (χ0n) is 35.9. The molecule has 0 saturated heterocycles.